The summed E-state index contributed by atoms with van der Waals surface area (Å²) < 4.78 is 0. The molecule has 1 unspecified atom stereocenters. The molecule has 0 bridgehead atoms. The molecule has 1 heterocycles. The predicted molar refractivity (Wildman–Crippen MR) is 44.5 cm³/mol. The Kier molecular flexibility index (Phi) is 2.84. The number of oxime groups is 1. The van der Waals surface area contributed by atoms with Crippen LogP contribution in [0.1, 0.15) is 0 Å². The van der Waals surface area contributed by atoms with E-state index in [1.54, 1.807) is 7.11 Å². The largest absolute Gasteiger partial charge is 0.399 e. The first-order valence-electron chi connectivity index (χ1n) is 3.76. The Bertz CT molecular complexity index is 158. The molecule has 0 aromatic rings. The Morgan fingerprint density at radius 3 is 3.09 bits per heavy atom. The van der Waals surface area contributed by atoms with Crippen molar-refractivity contribution in [2.24, 2.45) is 16.8 Å². The third-order valence-electron chi connectivity index (χ3n) is 1.93. The minimum atomic E-state index is 0.389. The normalized spacial score (nSPS) is 29.7. The second-order valence-corrected chi connectivity index (χ2v) is 2.89. The van der Waals surface area contributed by atoms with Crippen LogP contribution >= 0.6 is 0 Å². The highest BCUT2D eigenvalue weighted by Gasteiger charge is 2.25. The summed E-state index contributed by atoms with van der Waals surface area (Å²) >= 11 is 0. The van der Waals surface area contributed by atoms with Crippen molar-refractivity contribution in [2.45, 2.75) is 0 Å². The molecule has 1 aliphatic heterocycles. The third kappa shape index (κ3) is 1.91. The molecule has 4 heteroatoms. The second kappa shape index (κ2) is 3.69. The van der Waals surface area contributed by atoms with E-state index in [0.717, 1.165) is 18.8 Å². The number of nitrogens with two attached hydrogens (primary N) is 1. The molecule has 1 atom stereocenters. The van der Waals surface area contributed by atoms with Crippen LogP contribution in [0.4, 0.5) is 0 Å². The maximum atomic E-state index is 5.55. The summed E-state index contributed by atoms with van der Waals surface area (Å²) in [6.45, 7) is 2.54. The van der Waals surface area contributed by atoms with E-state index in [1.165, 1.54) is 0 Å². The van der Waals surface area contributed by atoms with Gasteiger partial charge in [0.05, 0.1) is 5.71 Å². The summed E-state index contributed by atoms with van der Waals surface area (Å²) in [7, 11) is 3.62. The highest BCUT2D eigenvalue weighted by molar-refractivity contribution is 5.90. The summed E-state index contributed by atoms with van der Waals surface area (Å²) in [6.07, 6.45) is 0. The van der Waals surface area contributed by atoms with Gasteiger partial charge in [-0.3, -0.25) is 0 Å². The molecule has 0 spiro atoms. The van der Waals surface area contributed by atoms with Crippen molar-refractivity contribution in [1.29, 1.82) is 0 Å². The fourth-order valence-corrected chi connectivity index (χ4v) is 1.38. The lowest BCUT2D eigenvalue weighted by atomic mass is 10.1. The number of hydrogen-bond acceptors (Lipinski definition) is 4. The van der Waals surface area contributed by atoms with Crippen molar-refractivity contribution in [3.8, 4) is 0 Å². The molecule has 11 heavy (non-hydrogen) atoms. The zero-order chi connectivity index (χ0) is 8.27. The highest BCUT2D eigenvalue weighted by Crippen LogP contribution is 2.10. The van der Waals surface area contributed by atoms with E-state index in [1.807, 2.05) is 0 Å². The molecule has 1 saturated heterocycles. The zero-order valence-corrected chi connectivity index (χ0v) is 7.08. The Labute approximate surface area is 67.0 Å². The van der Waals surface area contributed by atoms with Gasteiger partial charge in [-0.15, -0.1) is 0 Å². The van der Waals surface area contributed by atoms with E-state index < -0.39 is 0 Å². The summed E-state index contributed by atoms with van der Waals surface area (Å²) in [6, 6.07) is 0. The lowest BCUT2D eigenvalue weighted by Crippen LogP contribution is -2.22. The smallest absolute Gasteiger partial charge is 0.106 e. The summed E-state index contributed by atoms with van der Waals surface area (Å²) in [5.41, 5.74) is 6.62. The van der Waals surface area contributed by atoms with Gasteiger partial charge >= 0.3 is 0 Å². The van der Waals surface area contributed by atoms with Gasteiger partial charge in [-0.05, 0) is 7.05 Å². The van der Waals surface area contributed by atoms with Crippen molar-refractivity contribution in [1.82, 2.24) is 4.90 Å². The fourth-order valence-electron chi connectivity index (χ4n) is 1.38. The molecule has 0 saturated carbocycles. The number of likely N-dealkylation sites (tertiary alicyclic amines) is 1. The highest BCUT2D eigenvalue weighted by atomic mass is 16.6. The minimum absolute atomic E-state index is 0.389. The lowest BCUT2D eigenvalue weighted by molar-refractivity contribution is 0.211. The monoisotopic (exact) mass is 157 g/mol. The third-order valence-corrected chi connectivity index (χ3v) is 1.93. The fraction of sp³-hybridized carbons (Fsp3) is 0.857. The summed E-state index contributed by atoms with van der Waals surface area (Å²) in [5, 5.41) is 3.92. The van der Waals surface area contributed by atoms with Crippen molar-refractivity contribution in [3.05, 3.63) is 0 Å². The maximum absolute atomic E-state index is 5.55. The van der Waals surface area contributed by atoms with Gasteiger partial charge in [-0.2, -0.15) is 0 Å². The van der Waals surface area contributed by atoms with Gasteiger partial charge in [0.25, 0.3) is 0 Å². The second-order valence-electron chi connectivity index (χ2n) is 2.89. The van der Waals surface area contributed by atoms with E-state index in [4.69, 9.17) is 10.6 Å². The van der Waals surface area contributed by atoms with Crippen LogP contribution in [0.3, 0.4) is 0 Å². The molecular formula is C7H15N3O. The van der Waals surface area contributed by atoms with Crippen molar-refractivity contribution >= 4 is 5.71 Å². The van der Waals surface area contributed by atoms with Gasteiger partial charge in [0, 0.05) is 25.6 Å². The first kappa shape index (κ1) is 8.49. The molecule has 2 N–H and O–H groups in total. The van der Waals surface area contributed by atoms with Gasteiger partial charge < -0.3 is 15.5 Å². The molecule has 0 aromatic heterocycles. The topological polar surface area (TPSA) is 50.8 Å². The molecule has 0 amide bonds. The molecular weight excluding hydrogens is 142 g/mol. The van der Waals surface area contributed by atoms with Gasteiger partial charge in [0.1, 0.15) is 7.11 Å². The Morgan fingerprint density at radius 2 is 2.55 bits per heavy atom. The van der Waals surface area contributed by atoms with Crippen molar-refractivity contribution < 1.29 is 4.84 Å². The van der Waals surface area contributed by atoms with E-state index in [2.05, 4.69) is 17.1 Å². The molecule has 0 aliphatic carbocycles. The van der Waals surface area contributed by atoms with Gasteiger partial charge in [-0.1, -0.05) is 5.16 Å². The molecule has 1 aliphatic rings. The van der Waals surface area contributed by atoms with Crippen LogP contribution in [0, 0.1) is 5.92 Å². The van der Waals surface area contributed by atoms with Crippen LogP contribution in [0.2, 0.25) is 0 Å². The summed E-state index contributed by atoms with van der Waals surface area (Å²) in [4.78, 5) is 6.90. The van der Waals surface area contributed by atoms with E-state index >= 15 is 0 Å². The van der Waals surface area contributed by atoms with Crippen molar-refractivity contribution in [3.63, 3.8) is 0 Å². The molecule has 4 nitrogen and oxygen atoms in total. The molecule has 1 fully saturated rings. The van der Waals surface area contributed by atoms with Crippen LogP contribution in [0.25, 0.3) is 0 Å². The molecule has 0 aromatic carbocycles. The maximum Gasteiger partial charge on any atom is 0.106 e. The number of hydrogen-bond donors (Lipinski definition) is 1. The standard InChI is InChI=1S/C7H15N3O/c1-10-4-6(3-8)7(5-10)9-11-2/h6H,3-5,8H2,1-2H3. The molecule has 64 valence electrons. The van der Waals surface area contributed by atoms with Gasteiger partial charge in [-0.25, -0.2) is 0 Å². The first-order valence-corrected chi connectivity index (χ1v) is 3.76. The summed E-state index contributed by atoms with van der Waals surface area (Å²) in [5.74, 6) is 0.389. The average molecular weight is 157 g/mol. The van der Waals surface area contributed by atoms with E-state index in [9.17, 15) is 0 Å². The van der Waals surface area contributed by atoms with E-state index in [0.29, 0.717) is 12.5 Å². The Balaban J connectivity index is 2.57. The minimum Gasteiger partial charge on any atom is -0.399 e. The first-order chi connectivity index (χ1) is 5.27. The van der Waals surface area contributed by atoms with E-state index in [-0.39, 0.29) is 0 Å². The number of nitrogens with zero attached hydrogens (tertiary/aromatic N) is 2. The van der Waals surface area contributed by atoms with Crippen molar-refractivity contribution in [2.75, 3.05) is 33.8 Å². The van der Waals surface area contributed by atoms with Crippen LogP contribution in [-0.2, 0) is 4.84 Å². The predicted octanol–water partition coefficient (Wildman–Crippen LogP) is -0.491. The van der Waals surface area contributed by atoms with Crippen LogP contribution in [-0.4, -0.2) is 44.4 Å². The number of rotatable bonds is 2. The van der Waals surface area contributed by atoms with Gasteiger partial charge in [0.2, 0.25) is 0 Å². The molecule has 1 rings (SSSR count). The Morgan fingerprint density at radius 1 is 1.82 bits per heavy atom. The molecule has 0 radical (unpaired) electrons. The van der Waals surface area contributed by atoms with Crippen LogP contribution in [0.15, 0.2) is 5.16 Å². The Hall–Kier alpha value is -0.610. The van der Waals surface area contributed by atoms with Crippen LogP contribution in [0.5, 0.6) is 0 Å². The zero-order valence-electron chi connectivity index (χ0n) is 7.08. The quantitative estimate of drug-likeness (QED) is 0.550. The SMILES string of the molecule is CON=C1CN(C)CC1CN. The average Bonchev–Trinajstić information content (AvgIpc) is 2.32. The lowest BCUT2D eigenvalue weighted by Gasteiger charge is -2.05. The van der Waals surface area contributed by atoms with Crippen LogP contribution < -0.4 is 5.73 Å². The van der Waals surface area contributed by atoms with Gasteiger partial charge in [0.15, 0.2) is 0 Å².